The maximum absolute atomic E-state index is 9.16. The molecule has 18 heavy (non-hydrogen) atoms. The molecule has 0 unspecified atom stereocenters. The van der Waals surface area contributed by atoms with E-state index >= 15 is 0 Å². The number of anilines is 1. The predicted molar refractivity (Wildman–Crippen MR) is 77.8 cm³/mol. The van der Waals surface area contributed by atoms with Crippen LogP contribution in [0.3, 0.4) is 0 Å². The first-order valence-electron chi connectivity index (χ1n) is 6.34. The number of likely N-dealkylation sites (N-methyl/N-ethyl adjacent to an activating group) is 1. The lowest BCUT2D eigenvalue weighted by Gasteiger charge is -2.24. The highest BCUT2D eigenvalue weighted by molar-refractivity contribution is 9.10. The van der Waals surface area contributed by atoms with Gasteiger partial charge in [0.25, 0.3) is 0 Å². The summed E-state index contributed by atoms with van der Waals surface area (Å²) in [6.07, 6.45) is 2.65. The molecule has 0 atom stereocenters. The van der Waals surface area contributed by atoms with Gasteiger partial charge in [0.2, 0.25) is 0 Å². The van der Waals surface area contributed by atoms with Crippen LogP contribution in [0.5, 0.6) is 0 Å². The molecule has 2 rings (SSSR count). The van der Waals surface area contributed by atoms with Gasteiger partial charge in [0, 0.05) is 24.6 Å². The molecule has 1 aliphatic heterocycles. The molecule has 1 heterocycles. The van der Waals surface area contributed by atoms with Crippen LogP contribution in [-0.2, 0) is 0 Å². The van der Waals surface area contributed by atoms with Crippen LogP contribution in [0.2, 0.25) is 0 Å². The smallest absolute Gasteiger partial charge is 0.101 e. The molecule has 1 saturated heterocycles. The summed E-state index contributed by atoms with van der Waals surface area (Å²) < 4.78 is 0.954. The van der Waals surface area contributed by atoms with Crippen molar-refractivity contribution in [3.05, 3.63) is 28.2 Å². The number of hydrogen-bond donors (Lipinski definition) is 0. The third-order valence-corrected chi connectivity index (χ3v) is 3.93. The van der Waals surface area contributed by atoms with Crippen LogP contribution in [0.25, 0.3) is 0 Å². The third-order valence-electron chi connectivity index (χ3n) is 3.44. The van der Waals surface area contributed by atoms with Gasteiger partial charge in [-0.15, -0.1) is 0 Å². The number of nitriles is 1. The van der Waals surface area contributed by atoms with Crippen LogP contribution in [0.4, 0.5) is 5.69 Å². The molecular weight excluding hydrogens is 290 g/mol. The molecule has 1 aliphatic rings. The van der Waals surface area contributed by atoms with Gasteiger partial charge >= 0.3 is 0 Å². The van der Waals surface area contributed by atoms with Crippen LogP contribution >= 0.6 is 15.9 Å². The minimum atomic E-state index is 0.730. The van der Waals surface area contributed by atoms with Crippen molar-refractivity contribution in [2.75, 3.05) is 38.1 Å². The molecule has 0 amide bonds. The summed E-state index contributed by atoms with van der Waals surface area (Å²) in [5.41, 5.74) is 1.74. The van der Waals surface area contributed by atoms with Crippen molar-refractivity contribution in [2.24, 2.45) is 0 Å². The molecule has 0 aliphatic carbocycles. The van der Waals surface area contributed by atoms with Crippen molar-refractivity contribution >= 4 is 21.6 Å². The van der Waals surface area contributed by atoms with Crippen molar-refractivity contribution < 1.29 is 0 Å². The fourth-order valence-corrected chi connectivity index (χ4v) is 2.71. The van der Waals surface area contributed by atoms with Crippen LogP contribution in [0.1, 0.15) is 18.4 Å². The Bertz CT molecular complexity index is 447. The molecule has 96 valence electrons. The summed E-state index contributed by atoms with van der Waals surface area (Å²) in [4.78, 5) is 4.66. The second-order valence-electron chi connectivity index (χ2n) is 4.74. The zero-order valence-corrected chi connectivity index (χ0v) is 12.3. The molecule has 0 radical (unpaired) electrons. The fourth-order valence-electron chi connectivity index (χ4n) is 2.35. The van der Waals surface area contributed by atoms with Crippen molar-refractivity contribution in [3.63, 3.8) is 0 Å². The molecular formula is C14H18BrN3. The molecule has 0 N–H and O–H groups in total. The van der Waals surface area contributed by atoms with E-state index in [0.29, 0.717) is 0 Å². The van der Waals surface area contributed by atoms with E-state index in [4.69, 9.17) is 5.26 Å². The summed E-state index contributed by atoms with van der Waals surface area (Å²) >= 11 is 3.40. The van der Waals surface area contributed by atoms with Gasteiger partial charge in [0.15, 0.2) is 0 Å². The first kappa shape index (κ1) is 13.4. The molecule has 0 saturated carbocycles. The first-order chi connectivity index (χ1) is 8.70. The Kier molecular flexibility index (Phi) is 4.62. The Morgan fingerprint density at radius 3 is 2.78 bits per heavy atom. The number of benzene rings is 1. The minimum absolute atomic E-state index is 0.730. The van der Waals surface area contributed by atoms with Crippen LogP contribution in [0, 0.1) is 11.3 Å². The lowest BCUT2D eigenvalue weighted by atomic mass is 10.2. The highest BCUT2D eigenvalue weighted by atomic mass is 79.9. The minimum Gasteiger partial charge on any atom is -0.372 e. The highest BCUT2D eigenvalue weighted by Crippen LogP contribution is 2.23. The number of likely N-dealkylation sites (tertiary alicyclic amines) is 1. The lowest BCUT2D eigenvalue weighted by Crippen LogP contribution is -2.31. The van der Waals surface area contributed by atoms with Crippen molar-refractivity contribution in [3.8, 4) is 6.07 Å². The Balaban J connectivity index is 1.99. The van der Waals surface area contributed by atoms with E-state index in [1.165, 1.54) is 25.9 Å². The van der Waals surface area contributed by atoms with Crippen LogP contribution in [-0.4, -0.2) is 38.1 Å². The van der Waals surface area contributed by atoms with E-state index in [-0.39, 0.29) is 0 Å². The van der Waals surface area contributed by atoms with Gasteiger partial charge in [-0.1, -0.05) is 15.9 Å². The summed E-state index contributed by atoms with van der Waals surface area (Å²) in [6, 6.07) is 8.13. The van der Waals surface area contributed by atoms with E-state index in [9.17, 15) is 0 Å². The standard InChI is InChI=1S/C14H18BrN3/c1-17(8-9-18-6-2-3-7-18)14-5-4-13(15)10-12(14)11-16/h4-5,10H,2-3,6-9H2,1H3. The van der Waals surface area contributed by atoms with Gasteiger partial charge < -0.3 is 9.80 Å². The maximum atomic E-state index is 9.16. The molecule has 1 aromatic rings. The van der Waals surface area contributed by atoms with Gasteiger partial charge in [-0.2, -0.15) is 5.26 Å². The molecule has 1 aromatic carbocycles. The molecule has 0 spiro atoms. The zero-order valence-electron chi connectivity index (χ0n) is 10.7. The van der Waals surface area contributed by atoms with Gasteiger partial charge in [-0.25, -0.2) is 0 Å². The first-order valence-corrected chi connectivity index (χ1v) is 7.13. The number of halogens is 1. The lowest BCUT2D eigenvalue weighted by molar-refractivity contribution is 0.346. The molecule has 3 nitrogen and oxygen atoms in total. The normalized spacial score (nSPS) is 15.6. The SMILES string of the molecule is CN(CCN1CCCC1)c1ccc(Br)cc1C#N. The quantitative estimate of drug-likeness (QED) is 0.857. The average Bonchev–Trinajstić information content (AvgIpc) is 2.88. The average molecular weight is 308 g/mol. The number of rotatable bonds is 4. The Hall–Kier alpha value is -1.05. The van der Waals surface area contributed by atoms with Crippen molar-refractivity contribution in [1.82, 2.24) is 4.90 Å². The topological polar surface area (TPSA) is 30.3 Å². The Morgan fingerprint density at radius 1 is 1.39 bits per heavy atom. The second-order valence-corrected chi connectivity index (χ2v) is 5.66. The highest BCUT2D eigenvalue weighted by Gasteiger charge is 2.13. The third kappa shape index (κ3) is 3.24. The predicted octanol–water partition coefficient (Wildman–Crippen LogP) is 2.85. The summed E-state index contributed by atoms with van der Waals surface area (Å²) in [5.74, 6) is 0. The zero-order chi connectivity index (χ0) is 13.0. The summed E-state index contributed by atoms with van der Waals surface area (Å²) in [7, 11) is 2.06. The Labute approximate surface area is 117 Å². The van der Waals surface area contributed by atoms with Crippen LogP contribution < -0.4 is 4.90 Å². The molecule has 0 bridgehead atoms. The van der Waals surface area contributed by atoms with Crippen molar-refractivity contribution in [1.29, 1.82) is 5.26 Å². The van der Waals surface area contributed by atoms with E-state index in [2.05, 4.69) is 38.8 Å². The molecule has 1 fully saturated rings. The summed E-state index contributed by atoms with van der Waals surface area (Å²) in [5, 5.41) is 9.16. The van der Waals surface area contributed by atoms with Gasteiger partial charge in [-0.3, -0.25) is 0 Å². The maximum Gasteiger partial charge on any atom is 0.101 e. The van der Waals surface area contributed by atoms with Gasteiger partial charge in [0.1, 0.15) is 6.07 Å². The monoisotopic (exact) mass is 307 g/mol. The fraction of sp³-hybridized carbons (Fsp3) is 0.500. The molecule has 4 heteroatoms. The van der Waals surface area contributed by atoms with E-state index in [1.807, 2.05) is 18.2 Å². The number of hydrogen-bond acceptors (Lipinski definition) is 3. The second kappa shape index (κ2) is 6.21. The molecule has 0 aromatic heterocycles. The van der Waals surface area contributed by atoms with E-state index in [0.717, 1.165) is 28.8 Å². The number of nitrogens with zero attached hydrogens (tertiary/aromatic N) is 3. The van der Waals surface area contributed by atoms with Gasteiger partial charge in [-0.05, 0) is 44.1 Å². The van der Waals surface area contributed by atoms with Gasteiger partial charge in [0.05, 0.1) is 11.3 Å². The van der Waals surface area contributed by atoms with Crippen LogP contribution in [0.15, 0.2) is 22.7 Å². The van der Waals surface area contributed by atoms with Crippen molar-refractivity contribution in [2.45, 2.75) is 12.8 Å². The largest absolute Gasteiger partial charge is 0.372 e. The Morgan fingerprint density at radius 2 is 2.11 bits per heavy atom. The van der Waals surface area contributed by atoms with E-state index in [1.54, 1.807) is 0 Å². The van der Waals surface area contributed by atoms with E-state index < -0.39 is 0 Å². The summed E-state index contributed by atoms with van der Waals surface area (Å²) in [6.45, 7) is 4.49.